The number of amides is 1. The number of nitrogens with one attached hydrogen (secondary N) is 1. The summed E-state index contributed by atoms with van der Waals surface area (Å²) in [6, 6.07) is 0. The molecule has 2 rings (SSSR count). The zero-order valence-electron chi connectivity index (χ0n) is 11.0. The van der Waals surface area contributed by atoms with Crippen LogP contribution in [0.15, 0.2) is 0 Å². The van der Waals surface area contributed by atoms with E-state index >= 15 is 0 Å². The van der Waals surface area contributed by atoms with Gasteiger partial charge in [-0.05, 0) is 38.6 Å². The maximum Gasteiger partial charge on any atom is 0.229 e. The second-order valence-electron chi connectivity index (χ2n) is 5.76. The van der Waals surface area contributed by atoms with Crippen molar-refractivity contribution in [3.05, 3.63) is 0 Å². The highest BCUT2D eigenvalue weighted by Crippen LogP contribution is 2.27. The van der Waals surface area contributed by atoms with E-state index in [9.17, 15) is 4.79 Å². The van der Waals surface area contributed by atoms with Crippen molar-refractivity contribution in [2.75, 3.05) is 39.9 Å². The summed E-state index contributed by atoms with van der Waals surface area (Å²) in [6.07, 6.45) is 3.27. The fourth-order valence-electron chi connectivity index (χ4n) is 2.88. The largest absolute Gasteiger partial charge is 0.381 e. The molecule has 2 unspecified atom stereocenters. The third kappa shape index (κ3) is 2.99. The Morgan fingerprint density at radius 1 is 1.59 bits per heavy atom. The number of hydrogen-bond acceptors (Lipinski definition) is 3. The standard InChI is InChI=1S/C13H24N2O2/c1-13(5-6-14-10-13)12(16)15(2)8-11-4-3-7-17-9-11/h11,14H,3-10H2,1-2H3. The maximum atomic E-state index is 12.4. The average Bonchev–Trinajstić information content (AvgIpc) is 2.78. The van der Waals surface area contributed by atoms with E-state index < -0.39 is 0 Å². The van der Waals surface area contributed by atoms with Gasteiger partial charge in [-0.25, -0.2) is 0 Å². The van der Waals surface area contributed by atoms with Gasteiger partial charge >= 0.3 is 0 Å². The normalized spacial score (nSPS) is 33.6. The van der Waals surface area contributed by atoms with Crippen LogP contribution in [-0.4, -0.2) is 50.7 Å². The third-order valence-electron chi connectivity index (χ3n) is 4.02. The molecule has 2 heterocycles. The van der Waals surface area contributed by atoms with E-state index in [4.69, 9.17) is 4.74 Å². The molecule has 1 N–H and O–H groups in total. The minimum atomic E-state index is -0.190. The van der Waals surface area contributed by atoms with Crippen LogP contribution in [0.3, 0.4) is 0 Å². The first-order chi connectivity index (χ1) is 8.12. The average molecular weight is 240 g/mol. The van der Waals surface area contributed by atoms with E-state index in [1.165, 1.54) is 6.42 Å². The van der Waals surface area contributed by atoms with Gasteiger partial charge in [0.25, 0.3) is 0 Å². The lowest BCUT2D eigenvalue weighted by Crippen LogP contribution is -2.44. The summed E-state index contributed by atoms with van der Waals surface area (Å²) in [6.45, 7) is 6.39. The molecule has 0 aromatic rings. The summed E-state index contributed by atoms with van der Waals surface area (Å²) in [5, 5.41) is 3.28. The second-order valence-corrected chi connectivity index (χ2v) is 5.76. The van der Waals surface area contributed by atoms with Gasteiger partial charge in [0.15, 0.2) is 0 Å². The lowest BCUT2D eigenvalue weighted by atomic mass is 9.87. The van der Waals surface area contributed by atoms with E-state index in [1.807, 2.05) is 11.9 Å². The second kappa shape index (κ2) is 5.36. The highest BCUT2D eigenvalue weighted by atomic mass is 16.5. The minimum absolute atomic E-state index is 0.190. The molecule has 4 nitrogen and oxygen atoms in total. The van der Waals surface area contributed by atoms with Crippen molar-refractivity contribution in [3.8, 4) is 0 Å². The molecule has 0 aromatic carbocycles. The molecule has 2 aliphatic heterocycles. The van der Waals surface area contributed by atoms with Gasteiger partial charge in [-0.3, -0.25) is 4.79 Å². The Bertz CT molecular complexity index is 269. The zero-order chi connectivity index (χ0) is 12.3. The fraction of sp³-hybridized carbons (Fsp3) is 0.923. The number of carbonyl (C=O) groups excluding carboxylic acids is 1. The summed E-state index contributed by atoms with van der Waals surface area (Å²) in [5.41, 5.74) is -0.190. The van der Waals surface area contributed by atoms with Crippen LogP contribution in [-0.2, 0) is 9.53 Å². The summed E-state index contributed by atoms with van der Waals surface area (Å²) in [4.78, 5) is 14.3. The smallest absolute Gasteiger partial charge is 0.229 e. The molecule has 17 heavy (non-hydrogen) atoms. The Kier molecular flexibility index (Phi) is 4.05. The highest BCUT2D eigenvalue weighted by Gasteiger charge is 2.38. The molecule has 1 amide bonds. The van der Waals surface area contributed by atoms with Gasteiger partial charge in [0.05, 0.1) is 12.0 Å². The van der Waals surface area contributed by atoms with Crippen LogP contribution in [0, 0.1) is 11.3 Å². The molecule has 2 atom stereocenters. The van der Waals surface area contributed by atoms with E-state index in [1.54, 1.807) is 0 Å². The molecule has 0 bridgehead atoms. The Morgan fingerprint density at radius 3 is 3.00 bits per heavy atom. The molecule has 0 aromatic heterocycles. The lowest BCUT2D eigenvalue weighted by molar-refractivity contribution is -0.140. The van der Waals surface area contributed by atoms with E-state index in [-0.39, 0.29) is 11.3 Å². The predicted molar refractivity (Wildman–Crippen MR) is 66.8 cm³/mol. The van der Waals surface area contributed by atoms with Crippen LogP contribution in [0.2, 0.25) is 0 Å². The summed E-state index contributed by atoms with van der Waals surface area (Å²) < 4.78 is 5.46. The number of ether oxygens (including phenoxy) is 1. The topological polar surface area (TPSA) is 41.6 Å². The van der Waals surface area contributed by atoms with Crippen LogP contribution in [0.1, 0.15) is 26.2 Å². The van der Waals surface area contributed by atoms with Crippen molar-refractivity contribution in [1.82, 2.24) is 10.2 Å². The van der Waals surface area contributed by atoms with Gasteiger partial charge < -0.3 is 15.0 Å². The first kappa shape index (κ1) is 12.8. The minimum Gasteiger partial charge on any atom is -0.381 e. The van der Waals surface area contributed by atoms with Crippen molar-refractivity contribution in [2.24, 2.45) is 11.3 Å². The van der Waals surface area contributed by atoms with Gasteiger partial charge in [-0.2, -0.15) is 0 Å². The lowest BCUT2D eigenvalue weighted by Gasteiger charge is -2.32. The number of hydrogen-bond donors (Lipinski definition) is 1. The molecule has 0 spiro atoms. The van der Waals surface area contributed by atoms with Gasteiger partial charge in [0.1, 0.15) is 0 Å². The van der Waals surface area contributed by atoms with Crippen LogP contribution in [0.25, 0.3) is 0 Å². The van der Waals surface area contributed by atoms with Crippen molar-refractivity contribution >= 4 is 5.91 Å². The molecule has 2 fully saturated rings. The predicted octanol–water partition coefficient (Wildman–Crippen LogP) is 0.871. The molecule has 4 heteroatoms. The quantitative estimate of drug-likeness (QED) is 0.796. The monoisotopic (exact) mass is 240 g/mol. The number of carbonyl (C=O) groups is 1. The highest BCUT2D eigenvalue weighted by molar-refractivity contribution is 5.82. The maximum absolute atomic E-state index is 12.4. The Morgan fingerprint density at radius 2 is 2.41 bits per heavy atom. The first-order valence-electron chi connectivity index (χ1n) is 6.66. The van der Waals surface area contributed by atoms with Crippen molar-refractivity contribution in [1.29, 1.82) is 0 Å². The molecular weight excluding hydrogens is 216 g/mol. The van der Waals surface area contributed by atoms with Crippen molar-refractivity contribution in [3.63, 3.8) is 0 Å². The SMILES string of the molecule is CN(CC1CCCOC1)C(=O)C1(C)CCNC1. The molecule has 2 aliphatic rings. The van der Waals surface area contributed by atoms with Crippen molar-refractivity contribution in [2.45, 2.75) is 26.2 Å². The van der Waals surface area contributed by atoms with Crippen LogP contribution in [0.4, 0.5) is 0 Å². The van der Waals surface area contributed by atoms with Crippen LogP contribution >= 0.6 is 0 Å². The summed E-state index contributed by atoms with van der Waals surface area (Å²) in [5.74, 6) is 0.809. The Balaban J connectivity index is 1.85. The van der Waals surface area contributed by atoms with Gasteiger partial charge in [0.2, 0.25) is 5.91 Å². The zero-order valence-corrected chi connectivity index (χ0v) is 11.0. The van der Waals surface area contributed by atoms with Gasteiger partial charge in [-0.15, -0.1) is 0 Å². The van der Waals surface area contributed by atoms with Gasteiger partial charge in [-0.1, -0.05) is 0 Å². The summed E-state index contributed by atoms with van der Waals surface area (Å²) >= 11 is 0. The summed E-state index contributed by atoms with van der Waals surface area (Å²) in [7, 11) is 1.93. The van der Waals surface area contributed by atoms with Crippen LogP contribution < -0.4 is 5.32 Å². The third-order valence-corrected chi connectivity index (χ3v) is 4.02. The first-order valence-corrected chi connectivity index (χ1v) is 6.66. The Labute approximate surface area is 104 Å². The molecule has 0 radical (unpaired) electrons. The van der Waals surface area contributed by atoms with Gasteiger partial charge in [0, 0.05) is 26.7 Å². The molecule has 98 valence electrons. The van der Waals surface area contributed by atoms with Crippen molar-refractivity contribution < 1.29 is 9.53 Å². The number of rotatable bonds is 3. The Hall–Kier alpha value is -0.610. The number of nitrogens with zero attached hydrogens (tertiary/aromatic N) is 1. The fourth-order valence-corrected chi connectivity index (χ4v) is 2.88. The molecule has 2 saturated heterocycles. The molecule has 0 saturated carbocycles. The molecular formula is C13H24N2O2. The van der Waals surface area contributed by atoms with E-state index in [0.29, 0.717) is 5.92 Å². The van der Waals surface area contributed by atoms with E-state index in [2.05, 4.69) is 12.2 Å². The van der Waals surface area contributed by atoms with Crippen LogP contribution in [0.5, 0.6) is 0 Å². The van der Waals surface area contributed by atoms with E-state index in [0.717, 1.165) is 45.7 Å². The molecule has 0 aliphatic carbocycles.